The van der Waals surface area contributed by atoms with Gasteiger partial charge in [0.15, 0.2) is 12.6 Å². The fourth-order valence-electron chi connectivity index (χ4n) is 5.49. The van der Waals surface area contributed by atoms with Gasteiger partial charge >= 0.3 is 6.18 Å². The summed E-state index contributed by atoms with van der Waals surface area (Å²) < 4.78 is 54.3. The summed E-state index contributed by atoms with van der Waals surface area (Å²) in [7, 11) is 3.02. The largest absolute Gasteiger partial charge is 0.480 e. The number of nitrogens with zero attached hydrogens (tertiary/aromatic N) is 4. The second-order valence-corrected chi connectivity index (χ2v) is 10.4. The summed E-state index contributed by atoms with van der Waals surface area (Å²) >= 11 is 6.93. The van der Waals surface area contributed by atoms with Crippen molar-refractivity contribution in [2.24, 2.45) is 7.05 Å². The van der Waals surface area contributed by atoms with Crippen LogP contribution in [-0.2, 0) is 19.6 Å². The van der Waals surface area contributed by atoms with Gasteiger partial charge in [-0.25, -0.2) is 4.98 Å². The SMILES string of the molecule is COc1nc(O[C@H]2CCc3c(-c4nccc(-c5ccc6c(C=O)cn(C)c6n5)c4Cl)cccc32)c(C(F)(F)F)cc1C=O. The molecule has 0 spiro atoms. The molecule has 4 heterocycles. The highest BCUT2D eigenvalue weighted by Gasteiger charge is 2.38. The van der Waals surface area contributed by atoms with Gasteiger partial charge in [0, 0.05) is 41.5 Å². The van der Waals surface area contributed by atoms with Crippen LogP contribution in [0.4, 0.5) is 13.2 Å². The van der Waals surface area contributed by atoms with Crippen LogP contribution in [0.15, 0.2) is 54.9 Å². The molecule has 8 nitrogen and oxygen atoms in total. The van der Waals surface area contributed by atoms with Crippen molar-refractivity contribution in [2.45, 2.75) is 25.1 Å². The highest BCUT2D eigenvalue weighted by molar-refractivity contribution is 6.35. The van der Waals surface area contributed by atoms with Crippen LogP contribution >= 0.6 is 11.6 Å². The predicted octanol–water partition coefficient (Wildman–Crippen LogP) is 7.07. The van der Waals surface area contributed by atoms with Crippen LogP contribution in [0.3, 0.4) is 0 Å². The van der Waals surface area contributed by atoms with Crippen molar-refractivity contribution in [3.05, 3.63) is 87.7 Å². The summed E-state index contributed by atoms with van der Waals surface area (Å²) in [4.78, 5) is 35.9. The van der Waals surface area contributed by atoms with Crippen molar-refractivity contribution < 1.29 is 32.2 Å². The van der Waals surface area contributed by atoms with E-state index in [0.29, 0.717) is 57.7 Å². The predicted molar refractivity (Wildman–Crippen MR) is 153 cm³/mol. The monoisotopic (exact) mass is 606 g/mol. The number of ether oxygens (including phenoxy) is 2. The topological polar surface area (TPSA) is 96.2 Å². The molecule has 1 aromatic carbocycles. The molecular weight excluding hydrogens is 585 g/mol. The second kappa shape index (κ2) is 10.8. The molecule has 0 radical (unpaired) electrons. The van der Waals surface area contributed by atoms with Gasteiger partial charge in [-0.15, -0.1) is 0 Å². The van der Waals surface area contributed by atoms with Crippen molar-refractivity contribution in [3.63, 3.8) is 0 Å². The van der Waals surface area contributed by atoms with Gasteiger partial charge in [0.05, 0.1) is 29.1 Å². The van der Waals surface area contributed by atoms with Crippen LogP contribution in [-0.4, -0.2) is 39.2 Å². The third-order valence-corrected chi connectivity index (χ3v) is 7.86. The van der Waals surface area contributed by atoms with E-state index in [1.807, 2.05) is 12.1 Å². The Kier molecular flexibility index (Phi) is 7.13. The number of benzene rings is 1. The Morgan fingerprint density at radius 3 is 2.53 bits per heavy atom. The number of methoxy groups -OCH3 is 1. The average Bonchev–Trinajstić information content (AvgIpc) is 3.56. The van der Waals surface area contributed by atoms with Crippen LogP contribution in [0.2, 0.25) is 5.02 Å². The van der Waals surface area contributed by atoms with Gasteiger partial charge < -0.3 is 14.0 Å². The summed E-state index contributed by atoms with van der Waals surface area (Å²) in [6.07, 6.45) is -0.318. The fourth-order valence-corrected chi connectivity index (χ4v) is 5.80. The maximum absolute atomic E-state index is 13.9. The summed E-state index contributed by atoms with van der Waals surface area (Å²) in [5.74, 6) is -0.932. The molecule has 12 heteroatoms. The lowest BCUT2D eigenvalue weighted by Gasteiger charge is -2.19. The third kappa shape index (κ3) is 4.89. The number of rotatable bonds is 7. The van der Waals surface area contributed by atoms with E-state index in [4.69, 9.17) is 26.1 Å². The smallest absolute Gasteiger partial charge is 0.421 e. The Morgan fingerprint density at radius 1 is 1.02 bits per heavy atom. The van der Waals surface area contributed by atoms with E-state index < -0.39 is 23.7 Å². The molecule has 0 fully saturated rings. The molecule has 1 aliphatic carbocycles. The van der Waals surface area contributed by atoms with Crippen LogP contribution in [0.1, 0.15) is 49.9 Å². The fraction of sp³-hybridized carbons (Fsp3) is 0.194. The number of aromatic nitrogens is 4. The summed E-state index contributed by atoms with van der Waals surface area (Å²) in [6.45, 7) is 0. The van der Waals surface area contributed by atoms with Crippen LogP contribution in [0.25, 0.3) is 33.5 Å². The number of aldehydes is 2. The van der Waals surface area contributed by atoms with E-state index in [9.17, 15) is 22.8 Å². The lowest BCUT2D eigenvalue weighted by molar-refractivity contribution is -0.139. The second-order valence-electron chi connectivity index (χ2n) is 9.98. The zero-order chi connectivity index (χ0) is 30.5. The van der Waals surface area contributed by atoms with Crippen molar-refractivity contribution in [1.82, 2.24) is 19.5 Å². The lowest BCUT2D eigenvalue weighted by atomic mass is 9.98. The van der Waals surface area contributed by atoms with Crippen LogP contribution in [0.5, 0.6) is 11.8 Å². The third-order valence-electron chi connectivity index (χ3n) is 7.48. The van der Waals surface area contributed by atoms with Gasteiger partial charge in [-0.3, -0.25) is 14.6 Å². The molecule has 1 aliphatic rings. The number of carbonyl (C=O) groups is 2. The molecule has 0 saturated carbocycles. The van der Waals surface area contributed by atoms with Crippen molar-refractivity contribution >= 4 is 35.2 Å². The molecule has 43 heavy (non-hydrogen) atoms. The Labute approximate surface area is 248 Å². The molecule has 1 atom stereocenters. The molecule has 218 valence electrons. The van der Waals surface area contributed by atoms with Crippen LogP contribution in [0, 0.1) is 0 Å². The first-order valence-corrected chi connectivity index (χ1v) is 13.5. The van der Waals surface area contributed by atoms with E-state index >= 15 is 0 Å². The van der Waals surface area contributed by atoms with Crippen molar-refractivity contribution in [3.8, 4) is 34.3 Å². The first-order chi connectivity index (χ1) is 20.6. The Morgan fingerprint density at radius 2 is 1.81 bits per heavy atom. The maximum atomic E-state index is 13.9. The lowest BCUT2D eigenvalue weighted by Crippen LogP contribution is -2.14. The number of hydrogen-bond acceptors (Lipinski definition) is 7. The summed E-state index contributed by atoms with van der Waals surface area (Å²) in [5, 5.41) is 1.08. The first-order valence-electron chi connectivity index (χ1n) is 13.1. The Bertz CT molecular complexity index is 1920. The zero-order valence-corrected chi connectivity index (χ0v) is 23.5. The van der Waals surface area contributed by atoms with Gasteiger partial charge in [0.1, 0.15) is 17.3 Å². The standard InChI is InChI=1S/C31H22ClF3N4O4/c1-39-13-17(15-41)18-6-8-24(37-28(18)39)22-10-11-36-27(26(22)32)21-5-3-4-20-19(21)7-9-25(20)43-30-23(31(33,34)35)12-16(14-40)29(38-30)42-2/h3-6,8,10-15,25H,7,9H2,1-2H3/t25-/m0/s1. The molecule has 4 aromatic heterocycles. The minimum absolute atomic E-state index is 0.253. The molecule has 0 N–H and O–H groups in total. The molecule has 0 saturated heterocycles. The molecule has 5 aromatic rings. The molecule has 6 rings (SSSR count). The molecule has 0 bridgehead atoms. The van der Waals surface area contributed by atoms with E-state index in [2.05, 4.69) is 9.97 Å². The quantitative estimate of drug-likeness (QED) is 0.183. The minimum atomic E-state index is -4.81. The minimum Gasteiger partial charge on any atom is -0.480 e. The summed E-state index contributed by atoms with van der Waals surface area (Å²) in [5.41, 5.74) is 3.61. The van der Waals surface area contributed by atoms with Gasteiger partial charge in [-0.1, -0.05) is 29.8 Å². The number of alkyl halides is 3. The van der Waals surface area contributed by atoms with Crippen molar-refractivity contribution in [2.75, 3.05) is 7.11 Å². The number of halogens is 4. The molecule has 0 unspecified atom stereocenters. The number of aryl methyl sites for hydroxylation is 1. The van der Waals surface area contributed by atoms with Gasteiger partial charge in [0.2, 0.25) is 11.8 Å². The number of fused-ring (bicyclic) bond motifs is 2. The molecule has 0 amide bonds. The number of hydrogen-bond donors (Lipinski definition) is 0. The highest BCUT2D eigenvalue weighted by Crippen LogP contribution is 2.45. The number of carbonyl (C=O) groups excluding carboxylic acids is 2. The first kappa shape index (κ1) is 28.4. The van der Waals surface area contributed by atoms with Gasteiger partial charge in [0.25, 0.3) is 0 Å². The van der Waals surface area contributed by atoms with E-state index in [1.165, 1.54) is 7.11 Å². The Hall–Kier alpha value is -4.77. The van der Waals surface area contributed by atoms with Gasteiger partial charge in [-0.2, -0.15) is 18.2 Å². The van der Waals surface area contributed by atoms with Crippen LogP contribution < -0.4 is 9.47 Å². The average molecular weight is 607 g/mol. The van der Waals surface area contributed by atoms with E-state index in [1.54, 1.807) is 48.3 Å². The maximum Gasteiger partial charge on any atom is 0.421 e. The van der Waals surface area contributed by atoms with Crippen molar-refractivity contribution in [1.29, 1.82) is 0 Å². The molecule has 0 aliphatic heterocycles. The molecular formula is C31H22ClF3N4O4. The van der Waals surface area contributed by atoms with E-state index in [-0.39, 0.29) is 17.7 Å². The highest BCUT2D eigenvalue weighted by atomic mass is 35.5. The van der Waals surface area contributed by atoms with E-state index in [0.717, 1.165) is 22.8 Å². The summed E-state index contributed by atoms with van der Waals surface area (Å²) in [6, 6.07) is 11.4. The Balaban J connectivity index is 1.39. The zero-order valence-electron chi connectivity index (χ0n) is 22.8. The normalized spacial score (nSPS) is 14.5. The van der Waals surface area contributed by atoms with Gasteiger partial charge in [-0.05, 0) is 48.2 Å². The number of pyridine rings is 3.